The monoisotopic (exact) mass is 380 g/mol. The lowest BCUT2D eigenvalue weighted by Gasteiger charge is -2.41. The van der Waals surface area contributed by atoms with Crippen molar-refractivity contribution in [2.45, 2.75) is 36.5 Å². The van der Waals surface area contributed by atoms with Crippen LogP contribution in [0.3, 0.4) is 0 Å². The second kappa shape index (κ2) is 7.66. The highest BCUT2D eigenvalue weighted by Crippen LogP contribution is 2.34. The molecule has 0 bridgehead atoms. The van der Waals surface area contributed by atoms with Gasteiger partial charge in [-0.15, -0.1) is 0 Å². The number of nitrogens with one attached hydrogen (secondary N) is 1. The molecule has 2 aliphatic rings. The fraction of sp³-hybridized carbons (Fsp3) is 0.632. The fourth-order valence-electron chi connectivity index (χ4n) is 4.20. The Morgan fingerprint density at radius 2 is 1.77 bits per heavy atom. The van der Waals surface area contributed by atoms with Gasteiger partial charge in [-0.1, -0.05) is 30.3 Å². The van der Waals surface area contributed by atoms with Gasteiger partial charge in [-0.05, 0) is 50.3 Å². The Balaban J connectivity index is 1.68. The van der Waals surface area contributed by atoms with Crippen LogP contribution in [0.2, 0.25) is 0 Å². The molecule has 2 heterocycles. The Morgan fingerprint density at radius 3 is 2.31 bits per heavy atom. The lowest BCUT2D eigenvalue weighted by Crippen LogP contribution is -2.59. The average molecular weight is 381 g/mol. The highest BCUT2D eigenvalue weighted by atomic mass is 32.2. The molecule has 1 amide bonds. The summed E-state index contributed by atoms with van der Waals surface area (Å²) < 4.78 is 23.6. The third-order valence-electron chi connectivity index (χ3n) is 5.93. The number of hydrogen-bond donors (Lipinski definition) is 2. The van der Waals surface area contributed by atoms with Crippen molar-refractivity contribution in [1.29, 1.82) is 0 Å². The molecule has 1 unspecified atom stereocenters. The van der Waals surface area contributed by atoms with Gasteiger partial charge in [-0.2, -0.15) is 0 Å². The summed E-state index contributed by atoms with van der Waals surface area (Å²) in [6.07, 6.45) is 2.66. The maximum absolute atomic E-state index is 13.1. The van der Waals surface area contributed by atoms with Crippen LogP contribution >= 0.6 is 0 Å². The summed E-state index contributed by atoms with van der Waals surface area (Å²) in [5.41, 5.74) is 0.892. The highest BCUT2D eigenvalue weighted by molar-refractivity contribution is 7.92. The van der Waals surface area contributed by atoms with Gasteiger partial charge >= 0.3 is 0 Å². The first-order valence-corrected chi connectivity index (χ1v) is 11.2. The third kappa shape index (κ3) is 3.66. The Kier molecular flexibility index (Phi) is 5.69. The first-order valence-electron chi connectivity index (χ1n) is 9.28. The molecule has 2 saturated heterocycles. The standard InChI is InChI=1S/C19H28N2O4S/c1-26(24,25)19(9-11-20-12-10-19)18(23)21-13-7-16(8-14-21)17(22)15-5-3-2-4-6-15/h2-6,16-17,20,22H,7-14H2,1H3. The topological polar surface area (TPSA) is 86.7 Å². The van der Waals surface area contributed by atoms with E-state index in [1.165, 1.54) is 6.26 Å². The van der Waals surface area contributed by atoms with Gasteiger partial charge in [-0.25, -0.2) is 8.42 Å². The molecular weight excluding hydrogens is 352 g/mol. The van der Waals surface area contributed by atoms with Gasteiger partial charge in [0.15, 0.2) is 14.6 Å². The summed E-state index contributed by atoms with van der Waals surface area (Å²) in [4.78, 5) is 14.8. The lowest BCUT2D eigenvalue weighted by molar-refractivity contribution is -0.136. The van der Waals surface area contributed by atoms with Crippen LogP contribution in [-0.4, -0.2) is 61.5 Å². The predicted molar refractivity (Wildman–Crippen MR) is 100 cm³/mol. The van der Waals surface area contributed by atoms with Gasteiger partial charge < -0.3 is 15.3 Å². The van der Waals surface area contributed by atoms with Crippen molar-refractivity contribution < 1.29 is 18.3 Å². The number of aliphatic hydroxyl groups is 1. The quantitative estimate of drug-likeness (QED) is 0.818. The average Bonchev–Trinajstić information content (AvgIpc) is 2.67. The van der Waals surface area contributed by atoms with E-state index in [0.717, 1.165) is 5.56 Å². The van der Waals surface area contributed by atoms with E-state index in [1.807, 2.05) is 30.3 Å². The zero-order chi connectivity index (χ0) is 18.8. The van der Waals surface area contributed by atoms with E-state index < -0.39 is 20.7 Å². The minimum atomic E-state index is -3.49. The molecule has 0 aromatic heterocycles. The van der Waals surface area contributed by atoms with Gasteiger partial charge in [-0.3, -0.25) is 4.79 Å². The number of amides is 1. The number of hydrogen-bond acceptors (Lipinski definition) is 5. The van der Waals surface area contributed by atoms with Crippen LogP contribution in [0.5, 0.6) is 0 Å². The van der Waals surface area contributed by atoms with Gasteiger partial charge in [0.2, 0.25) is 5.91 Å². The zero-order valence-electron chi connectivity index (χ0n) is 15.2. The number of benzene rings is 1. The summed E-state index contributed by atoms with van der Waals surface area (Å²) in [5.74, 6) is -0.169. The van der Waals surface area contributed by atoms with E-state index in [2.05, 4.69) is 5.32 Å². The molecule has 144 valence electrons. The Bertz CT molecular complexity index is 721. The Labute approximate surface area is 155 Å². The first kappa shape index (κ1) is 19.3. The van der Waals surface area contributed by atoms with Crippen LogP contribution in [0, 0.1) is 5.92 Å². The minimum absolute atomic E-state index is 0.0867. The van der Waals surface area contributed by atoms with Crippen molar-refractivity contribution in [2.75, 3.05) is 32.4 Å². The summed E-state index contributed by atoms with van der Waals surface area (Å²) in [5, 5.41) is 13.7. The van der Waals surface area contributed by atoms with Crippen LogP contribution in [0.4, 0.5) is 0 Å². The number of carbonyl (C=O) groups excluding carboxylic acids is 1. The summed E-state index contributed by atoms with van der Waals surface area (Å²) in [6.45, 7) is 2.08. The number of piperidine rings is 2. The molecule has 0 radical (unpaired) electrons. The number of nitrogens with zero attached hydrogens (tertiary/aromatic N) is 1. The van der Waals surface area contributed by atoms with Crippen LogP contribution in [-0.2, 0) is 14.6 Å². The summed E-state index contributed by atoms with van der Waals surface area (Å²) in [6, 6.07) is 9.56. The Hall–Kier alpha value is -1.44. The van der Waals surface area contributed by atoms with E-state index in [0.29, 0.717) is 51.9 Å². The fourth-order valence-corrected chi connectivity index (χ4v) is 5.59. The number of carbonyl (C=O) groups is 1. The first-order chi connectivity index (χ1) is 12.3. The van der Waals surface area contributed by atoms with Crippen LogP contribution < -0.4 is 5.32 Å². The van der Waals surface area contributed by atoms with E-state index in [9.17, 15) is 18.3 Å². The van der Waals surface area contributed by atoms with E-state index in [-0.39, 0.29) is 11.8 Å². The van der Waals surface area contributed by atoms with E-state index in [4.69, 9.17) is 0 Å². The van der Waals surface area contributed by atoms with Gasteiger partial charge in [0.05, 0.1) is 6.10 Å². The number of likely N-dealkylation sites (tertiary alicyclic amines) is 1. The minimum Gasteiger partial charge on any atom is -0.388 e. The lowest BCUT2D eigenvalue weighted by atomic mass is 9.86. The van der Waals surface area contributed by atoms with E-state index >= 15 is 0 Å². The molecular formula is C19H28N2O4S. The van der Waals surface area contributed by atoms with Crippen LogP contribution in [0.25, 0.3) is 0 Å². The van der Waals surface area contributed by atoms with Crippen molar-refractivity contribution >= 4 is 15.7 Å². The predicted octanol–water partition coefficient (Wildman–Crippen LogP) is 1.13. The van der Waals surface area contributed by atoms with Gasteiger partial charge in [0.25, 0.3) is 0 Å². The smallest absolute Gasteiger partial charge is 0.244 e. The summed E-state index contributed by atoms with van der Waals surface area (Å²) in [7, 11) is -3.49. The number of aliphatic hydroxyl groups excluding tert-OH is 1. The molecule has 2 N–H and O–H groups in total. The number of rotatable bonds is 4. The molecule has 7 heteroatoms. The van der Waals surface area contributed by atoms with Crippen molar-refractivity contribution in [3.8, 4) is 0 Å². The largest absolute Gasteiger partial charge is 0.388 e. The molecule has 0 aliphatic carbocycles. The second-order valence-corrected chi connectivity index (χ2v) is 9.83. The molecule has 1 aromatic rings. The maximum Gasteiger partial charge on any atom is 0.244 e. The molecule has 0 saturated carbocycles. The molecule has 3 rings (SSSR count). The molecule has 1 atom stereocenters. The normalized spacial score (nSPS) is 22.8. The molecule has 1 aromatic carbocycles. The maximum atomic E-state index is 13.1. The van der Waals surface area contributed by atoms with Crippen molar-refractivity contribution in [2.24, 2.45) is 5.92 Å². The molecule has 26 heavy (non-hydrogen) atoms. The molecule has 2 aliphatic heterocycles. The van der Waals surface area contributed by atoms with Crippen molar-refractivity contribution in [3.63, 3.8) is 0 Å². The third-order valence-corrected chi connectivity index (χ3v) is 7.93. The van der Waals surface area contributed by atoms with Crippen LogP contribution in [0.1, 0.15) is 37.4 Å². The zero-order valence-corrected chi connectivity index (χ0v) is 16.0. The second-order valence-electron chi connectivity index (χ2n) is 7.50. The van der Waals surface area contributed by atoms with E-state index in [1.54, 1.807) is 4.90 Å². The van der Waals surface area contributed by atoms with Gasteiger partial charge in [0, 0.05) is 19.3 Å². The van der Waals surface area contributed by atoms with Gasteiger partial charge in [0.1, 0.15) is 0 Å². The highest BCUT2D eigenvalue weighted by Gasteiger charge is 2.50. The molecule has 0 spiro atoms. The molecule has 6 nitrogen and oxygen atoms in total. The molecule has 2 fully saturated rings. The summed E-state index contributed by atoms with van der Waals surface area (Å²) >= 11 is 0. The SMILES string of the molecule is CS(=O)(=O)C1(C(=O)N2CCC(C(O)c3ccccc3)CC2)CCNCC1. The van der Waals surface area contributed by atoms with Crippen molar-refractivity contribution in [3.05, 3.63) is 35.9 Å². The van der Waals surface area contributed by atoms with Crippen molar-refractivity contribution in [1.82, 2.24) is 10.2 Å². The number of sulfone groups is 1. The Morgan fingerprint density at radius 1 is 1.19 bits per heavy atom. The van der Waals surface area contributed by atoms with Crippen LogP contribution in [0.15, 0.2) is 30.3 Å².